The highest BCUT2D eigenvalue weighted by Gasteiger charge is 2.16. The molecule has 0 bridgehead atoms. The summed E-state index contributed by atoms with van der Waals surface area (Å²) in [5, 5.41) is 4.70. The average molecular weight is 365 g/mol. The molecule has 0 fully saturated rings. The smallest absolute Gasteiger partial charge is 0.256 e. The highest BCUT2D eigenvalue weighted by atomic mass is 32.1. The number of hydrogen-bond donors (Lipinski definition) is 2. The Balaban J connectivity index is 1.76. The molecule has 0 saturated carbocycles. The fraction of sp³-hybridized carbons (Fsp3) is 0.100. The summed E-state index contributed by atoms with van der Waals surface area (Å²) in [5.41, 5.74) is 7.94. The van der Waals surface area contributed by atoms with Crippen molar-refractivity contribution in [3.8, 4) is 11.5 Å². The van der Waals surface area contributed by atoms with Crippen molar-refractivity contribution in [2.75, 3.05) is 12.4 Å². The van der Waals surface area contributed by atoms with E-state index in [9.17, 15) is 4.79 Å². The minimum absolute atomic E-state index is 0.189. The number of hydrogen-bond acceptors (Lipinski definition) is 4. The van der Waals surface area contributed by atoms with Gasteiger partial charge in [0.1, 0.15) is 17.3 Å². The minimum Gasteiger partial charge on any atom is -0.457 e. The number of aliphatic imine (C=N–C) groups is 1. The third-order valence-electron chi connectivity index (χ3n) is 3.83. The third kappa shape index (κ3) is 3.92. The van der Waals surface area contributed by atoms with Crippen LogP contribution in [0.4, 0.5) is 5.69 Å². The van der Waals surface area contributed by atoms with Crippen LogP contribution in [-0.2, 0) is 0 Å². The Morgan fingerprint density at radius 2 is 1.85 bits per heavy atom. The number of thiophene rings is 1. The highest BCUT2D eigenvalue weighted by molar-refractivity contribution is 7.12. The molecular weight excluding hydrogens is 346 g/mol. The standard InChI is InChI=1S/C20H19N3O2S/c1-13-17(12-26-18(13)19(21)22-2)20(24)23-14-7-6-10-16(11-14)25-15-8-4-3-5-9-15/h3-12H,1-2H3,(H2,21,22)(H,23,24). The Hall–Kier alpha value is -3.12. The predicted octanol–water partition coefficient (Wildman–Crippen LogP) is 4.44. The molecule has 0 radical (unpaired) electrons. The second-order valence-corrected chi connectivity index (χ2v) is 6.49. The molecule has 2 aromatic carbocycles. The molecule has 5 nitrogen and oxygen atoms in total. The fourth-order valence-corrected chi connectivity index (χ4v) is 3.47. The molecule has 132 valence electrons. The number of carbonyl (C=O) groups is 1. The van der Waals surface area contributed by atoms with Crippen LogP contribution < -0.4 is 15.8 Å². The van der Waals surface area contributed by atoms with Crippen molar-refractivity contribution in [2.24, 2.45) is 10.7 Å². The monoisotopic (exact) mass is 365 g/mol. The molecule has 0 atom stereocenters. The van der Waals surface area contributed by atoms with E-state index in [1.807, 2.05) is 55.5 Å². The maximum absolute atomic E-state index is 12.6. The van der Waals surface area contributed by atoms with E-state index in [0.29, 0.717) is 22.8 Å². The Kier molecular flexibility index (Phi) is 5.34. The van der Waals surface area contributed by atoms with E-state index in [1.165, 1.54) is 11.3 Å². The van der Waals surface area contributed by atoms with E-state index in [1.54, 1.807) is 18.5 Å². The number of nitrogens with zero attached hydrogens (tertiary/aromatic N) is 1. The molecule has 3 aromatic rings. The molecule has 26 heavy (non-hydrogen) atoms. The van der Waals surface area contributed by atoms with Crippen LogP contribution in [0.5, 0.6) is 11.5 Å². The minimum atomic E-state index is -0.189. The molecular formula is C20H19N3O2S. The maximum Gasteiger partial charge on any atom is 0.256 e. The topological polar surface area (TPSA) is 76.7 Å². The SMILES string of the molecule is CN=C(N)c1scc(C(=O)Nc2cccc(Oc3ccccc3)c2)c1C. The van der Waals surface area contributed by atoms with Crippen LogP contribution in [0.2, 0.25) is 0 Å². The summed E-state index contributed by atoms with van der Waals surface area (Å²) < 4.78 is 5.80. The summed E-state index contributed by atoms with van der Waals surface area (Å²) >= 11 is 1.41. The number of amides is 1. The summed E-state index contributed by atoms with van der Waals surface area (Å²) in [6, 6.07) is 16.8. The van der Waals surface area contributed by atoms with Gasteiger partial charge in [-0.2, -0.15) is 0 Å². The van der Waals surface area contributed by atoms with Crippen LogP contribution in [0, 0.1) is 6.92 Å². The largest absolute Gasteiger partial charge is 0.457 e. The van der Waals surface area contributed by atoms with Gasteiger partial charge in [0.2, 0.25) is 0 Å². The number of para-hydroxylation sites is 1. The third-order valence-corrected chi connectivity index (χ3v) is 4.93. The van der Waals surface area contributed by atoms with Crippen molar-refractivity contribution in [2.45, 2.75) is 6.92 Å². The number of amidine groups is 1. The zero-order chi connectivity index (χ0) is 18.5. The number of anilines is 1. The molecule has 0 aliphatic carbocycles. The summed E-state index contributed by atoms with van der Waals surface area (Å²) in [6.07, 6.45) is 0. The zero-order valence-electron chi connectivity index (χ0n) is 14.5. The number of rotatable bonds is 5. The van der Waals surface area contributed by atoms with Crippen LogP contribution >= 0.6 is 11.3 Å². The molecule has 0 unspecified atom stereocenters. The Labute approximate surface area is 156 Å². The van der Waals surface area contributed by atoms with Gasteiger partial charge in [-0.05, 0) is 36.8 Å². The van der Waals surface area contributed by atoms with E-state index in [4.69, 9.17) is 10.5 Å². The summed E-state index contributed by atoms with van der Waals surface area (Å²) in [7, 11) is 1.63. The molecule has 0 spiro atoms. The van der Waals surface area contributed by atoms with Crippen molar-refractivity contribution < 1.29 is 9.53 Å². The van der Waals surface area contributed by atoms with Crippen molar-refractivity contribution in [3.63, 3.8) is 0 Å². The lowest BCUT2D eigenvalue weighted by molar-refractivity contribution is 0.102. The van der Waals surface area contributed by atoms with Gasteiger partial charge in [-0.1, -0.05) is 24.3 Å². The van der Waals surface area contributed by atoms with Gasteiger partial charge in [0.15, 0.2) is 0 Å². The Bertz CT molecular complexity index is 949. The molecule has 3 N–H and O–H groups in total. The summed E-state index contributed by atoms with van der Waals surface area (Å²) in [6.45, 7) is 1.87. The quantitative estimate of drug-likeness (QED) is 0.518. The normalized spacial score (nSPS) is 11.2. The Morgan fingerprint density at radius 3 is 2.58 bits per heavy atom. The van der Waals surface area contributed by atoms with Gasteiger partial charge in [0.25, 0.3) is 5.91 Å². The van der Waals surface area contributed by atoms with Crippen molar-refractivity contribution in [1.82, 2.24) is 0 Å². The summed E-state index contributed by atoms with van der Waals surface area (Å²) in [5.74, 6) is 1.64. The van der Waals surface area contributed by atoms with Crippen molar-refractivity contribution in [1.29, 1.82) is 0 Å². The first-order valence-corrected chi connectivity index (χ1v) is 8.91. The fourth-order valence-electron chi connectivity index (χ4n) is 2.46. The number of carbonyl (C=O) groups excluding carboxylic acids is 1. The lowest BCUT2D eigenvalue weighted by atomic mass is 10.1. The first-order chi connectivity index (χ1) is 12.6. The van der Waals surface area contributed by atoms with Gasteiger partial charge in [0, 0.05) is 24.2 Å². The van der Waals surface area contributed by atoms with Crippen LogP contribution in [0.15, 0.2) is 65.0 Å². The second-order valence-electron chi connectivity index (χ2n) is 5.61. The molecule has 6 heteroatoms. The highest BCUT2D eigenvalue weighted by Crippen LogP contribution is 2.26. The zero-order valence-corrected chi connectivity index (χ0v) is 15.3. The van der Waals surface area contributed by atoms with E-state index < -0.39 is 0 Å². The van der Waals surface area contributed by atoms with Crippen LogP contribution in [0.1, 0.15) is 20.8 Å². The lowest BCUT2D eigenvalue weighted by Crippen LogP contribution is -2.15. The van der Waals surface area contributed by atoms with Gasteiger partial charge in [-0.25, -0.2) is 0 Å². The summed E-state index contributed by atoms with van der Waals surface area (Å²) in [4.78, 5) is 17.4. The van der Waals surface area contributed by atoms with Gasteiger partial charge in [-0.3, -0.25) is 9.79 Å². The lowest BCUT2D eigenvalue weighted by Gasteiger charge is -2.09. The molecule has 0 saturated heterocycles. The van der Waals surface area contributed by atoms with Crippen LogP contribution in [0.3, 0.4) is 0 Å². The number of benzene rings is 2. The first-order valence-electron chi connectivity index (χ1n) is 8.03. The molecule has 3 rings (SSSR count). The average Bonchev–Trinajstić information content (AvgIpc) is 3.04. The second kappa shape index (κ2) is 7.84. The van der Waals surface area contributed by atoms with Gasteiger partial charge in [0.05, 0.1) is 10.4 Å². The maximum atomic E-state index is 12.6. The van der Waals surface area contributed by atoms with Gasteiger partial charge >= 0.3 is 0 Å². The molecule has 1 aromatic heterocycles. The Morgan fingerprint density at radius 1 is 1.12 bits per heavy atom. The van der Waals surface area contributed by atoms with Gasteiger partial charge < -0.3 is 15.8 Å². The van der Waals surface area contributed by atoms with Gasteiger partial charge in [-0.15, -0.1) is 11.3 Å². The van der Waals surface area contributed by atoms with E-state index in [-0.39, 0.29) is 5.91 Å². The predicted molar refractivity (Wildman–Crippen MR) is 107 cm³/mol. The molecule has 1 amide bonds. The number of nitrogens with one attached hydrogen (secondary N) is 1. The first kappa shape index (κ1) is 17.7. The van der Waals surface area contributed by atoms with Crippen molar-refractivity contribution in [3.05, 3.63) is 76.0 Å². The molecule has 0 aliphatic heterocycles. The van der Waals surface area contributed by atoms with Crippen LogP contribution in [0.25, 0.3) is 0 Å². The van der Waals surface area contributed by atoms with Crippen molar-refractivity contribution >= 4 is 28.8 Å². The van der Waals surface area contributed by atoms with E-state index in [0.717, 1.165) is 16.2 Å². The van der Waals surface area contributed by atoms with E-state index in [2.05, 4.69) is 10.3 Å². The molecule has 1 heterocycles. The van der Waals surface area contributed by atoms with Crippen LogP contribution in [-0.4, -0.2) is 18.8 Å². The molecule has 0 aliphatic rings. The number of nitrogens with two attached hydrogens (primary N) is 1. The van der Waals surface area contributed by atoms with E-state index >= 15 is 0 Å². The number of ether oxygens (including phenoxy) is 1.